The van der Waals surface area contributed by atoms with Gasteiger partial charge in [0, 0.05) is 18.7 Å². The molecule has 1 aromatic rings. The third-order valence-corrected chi connectivity index (χ3v) is 3.27. The van der Waals surface area contributed by atoms with Crippen molar-refractivity contribution < 1.29 is 4.79 Å². The van der Waals surface area contributed by atoms with E-state index in [4.69, 9.17) is 17.3 Å². The minimum Gasteiger partial charge on any atom is -0.399 e. The van der Waals surface area contributed by atoms with Gasteiger partial charge in [-0.3, -0.25) is 4.79 Å². The van der Waals surface area contributed by atoms with Crippen molar-refractivity contribution in [2.45, 2.75) is 33.6 Å². The average molecular weight is 312 g/mol. The zero-order chi connectivity index (χ0) is 16.0. The fourth-order valence-electron chi connectivity index (χ4n) is 2.24. The molecular formula is C16H26ClN3O. The van der Waals surface area contributed by atoms with Crippen LogP contribution < -0.4 is 11.1 Å². The van der Waals surface area contributed by atoms with Gasteiger partial charge in [0.1, 0.15) is 0 Å². The fourth-order valence-corrected chi connectivity index (χ4v) is 2.48. The quantitative estimate of drug-likeness (QED) is 0.789. The number of nitrogen functional groups attached to an aromatic ring is 1. The second-order valence-corrected chi connectivity index (χ2v) is 7.10. The van der Waals surface area contributed by atoms with Crippen LogP contribution in [0, 0.1) is 5.41 Å². The van der Waals surface area contributed by atoms with Gasteiger partial charge in [-0.25, -0.2) is 0 Å². The Kier molecular flexibility index (Phi) is 6.49. The maximum atomic E-state index is 11.9. The van der Waals surface area contributed by atoms with Gasteiger partial charge < -0.3 is 16.0 Å². The molecule has 0 fully saturated rings. The van der Waals surface area contributed by atoms with Crippen LogP contribution in [0.3, 0.4) is 0 Å². The highest BCUT2D eigenvalue weighted by Gasteiger charge is 2.13. The molecule has 4 nitrogen and oxygen atoms in total. The van der Waals surface area contributed by atoms with Gasteiger partial charge in [-0.2, -0.15) is 0 Å². The van der Waals surface area contributed by atoms with Gasteiger partial charge in [0.2, 0.25) is 5.91 Å². The first-order valence-corrected chi connectivity index (χ1v) is 7.58. The fraction of sp³-hybridized carbons (Fsp3) is 0.562. The molecule has 1 amide bonds. The van der Waals surface area contributed by atoms with Crippen LogP contribution in [-0.2, 0) is 4.79 Å². The van der Waals surface area contributed by atoms with E-state index in [1.165, 1.54) is 0 Å². The van der Waals surface area contributed by atoms with E-state index in [1.54, 1.807) is 18.2 Å². The van der Waals surface area contributed by atoms with E-state index >= 15 is 0 Å². The van der Waals surface area contributed by atoms with Crippen molar-refractivity contribution >= 4 is 28.9 Å². The van der Waals surface area contributed by atoms with Crippen LogP contribution in [-0.4, -0.2) is 30.9 Å². The van der Waals surface area contributed by atoms with Crippen LogP contribution in [0.4, 0.5) is 11.4 Å². The molecule has 0 aliphatic rings. The molecule has 21 heavy (non-hydrogen) atoms. The predicted octanol–water partition coefficient (Wildman–Crippen LogP) is 3.62. The Morgan fingerprint density at radius 2 is 2.05 bits per heavy atom. The second kappa shape index (κ2) is 7.66. The Hall–Kier alpha value is -1.26. The molecule has 0 aliphatic heterocycles. The van der Waals surface area contributed by atoms with Crippen molar-refractivity contribution in [1.29, 1.82) is 0 Å². The number of nitrogens with two attached hydrogens (primary N) is 1. The average Bonchev–Trinajstić information content (AvgIpc) is 2.30. The molecule has 1 aromatic carbocycles. The number of nitrogens with one attached hydrogen (secondary N) is 1. The maximum Gasteiger partial charge on any atom is 0.224 e. The summed E-state index contributed by atoms with van der Waals surface area (Å²) in [5.74, 6) is -0.0224. The first-order valence-electron chi connectivity index (χ1n) is 7.21. The van der Waals surface area contributed by atoms with Gasteiger partial charge in [0.15, 0.2) is 0 Å². The highest BCUT2D eigenvalue weighted by molar-refractivity contribution is 6.34. The summed E-state index contributed by atoms with van der Waals surface area (Å²) >= 11 is 6.03. The summed E-state index contributed by atoms with van der Waals surface area (Å²) in [4.78, 5) is 14.2. The lowest BCUT2D eigenvalue weighted by molar-refractivity contribution is -0.116. The van der Waals surface area contributed by atoms with E-state index in [0.717, 1.165) is 19.5 Å². The first-order chi connectivity index (χ1) is 9.67. The minimum absolute atomic E-state index is 0.0224. The number of benzene rings is 1. The summed E-state index contributed by atoms with van der Waals surface area (Å²) in [5, 5.41) is 3.28. The molecule has 0 atom stereocenters. The minimum atomic E-state index is -0.0224. The number of hydrogen-bond acceptors (Lipinski definition) is 3. The Bertz CT molecular complexity index is 483. The highest BCUT2D eigenvalue weighted by atomic mass is 35.5. The zero-order valence-corrected chi connectivity index (χ0v) is 14.1. The Morgan fingerprint density at radius 1 is 1.38 bits per heavy atom. The van der Waals surface area contributed by atoms with Crippen LogP contribution >= 0.6 is 11.6 Å². The molecule has 0 bridgehead atoms. The summed E-state index contributed by atoms with van der Waals surface area (Å²) < 4.78 is 0. The summed E-state index contributed by atoms with van der Waals surface area (Å²) in [6.07, 6.45) is 1.31. The molecule has 0 aliphatic carbocycles. The van der Waals surface area contributed by atoms with Crippen molar-refractivity contribution in [3.63, 3.8) is 0 Å². The predicted molar refractivity (Wildman–Crippen MR) is 90.7 cm³/mol. The summed E-state index contributed by atoms with van der Waals surface area (Å²) in [7, 11) is 2.08. The van der Waals surface area contributed by atoms with Gasteiger partial charge in [-0.05, 0) is 43.6 Å². The SMILES string of the molecule is CN(CCCC(=O)Nc1ccc(N)cc1Cl)CC(C)(C)C. The molecule has 1 rings (SSSR count). The van der Waals surface area contributed by atoms with Crippen LogP contribution in [0.1, 0.15) is 33.6 Å². The number of halogens is 1. The Labute approximate surface area is 132 Å². The van der Waals surface area contributed by atoms with E-state index in [0.29, 0.717) is 22.8 Å². The highest BCUT2D eigenvalue weighted by Crippen LogP contribution is 2.24. The number of nitrogens with zero attached hydrogens (tertiary/aromatic N) is 1. The number of carbonyl (C=O) groups excluding carboxylic acids is 1. The lowest BCUT2D eigenvalue weighted by Crippen LogP contribution is -2.30. The van der Waals surface area contributed by atoms with Crippen LogP contribution in [0.25, 0.3) is 0 Å². The van der Waals surface area contributed by atoms with Crippen molar-refractivity contribution in [2.24, 2.45) is 5.41 Å². The van der Waals surface area contributed by atoms with Gasteiger partial charge >= 0.3 is 0 Å². The number of rotatable bonds is 6. The first kappa shape index (κ1) is 17.8. The van der Waals surface area contributed by atoms with Crippen molar-refractivity contribution in [1.82, 2.24) is 4.90 Å². The number of anilines is 2. The zero-order valence-electron chi connectivity index (χ0n) is 13.4. The summed E-state index contributed by atoms with van der Waals surface area (Å²) in [6.45, 7) is 8.54. The van der Waals surface area contributed by atoms with Crippen molar-refractivity contribution in [2.75, 3.05) is 31.2 Å². The molecule has 0 unspecified atom stereocenters. The Balaban J connectivity index is 2.34. The van der Waals surface area contributed by atoms with Crippen LogP contribution in [0.2, 0.25) is 5.02 Å². The van der Waals surface area contributed by atoms with Crippen molar-refractivity contribution in [3.05, 3.63) is 23.2 Å². The molecule has 0 saturated heterocycles. The molecule has 118 valence electrons. The third-order valence-electron chi connectivity index (χ3n) is 2.96. The normalized spacial score (nSPS) is 11.7. The van der Waals surface area contributed by atoms with Crippen LogP contribution in [0.5, 0.6) is 0 Å². The third kappa shape index (κ3) is 7.34. The summed E-state index contributed by atoms with van der Waals surface area (Å²) in [6, 6.07) is 5.08. The summed E-state index contributed by atoms with van der Waals surface area (Å²) in [5.41, 5.74) is 7.09. The van der Waals surface area contributed by atoms with E-state index in [1.807, 2.05) is 0 Å². The molecule has 0 radical (unpaired) electrons. The van der Waals surface area contributed by atoms with Gasteiger partial charge in [-0.15, -0.1) is 0 Å². The molecule has 0 heterocycles. The van der Waals surface area contributed by atoms with Gasteiger partial charge in [-0.1, -0.05) is 32.4 Å². The molecule has 0 spiro atoms. The lowest BCUT2D eigenvalue weighted by atomic mass is 9.96. The standard InChI is InChI=1S/C16H26ClN3O/c1-16(2,3)11-20(4)9-5-6-15(21)19-14-8-7-12(18)10-13(14)17/h7-8,10H,5-6,9,11,18H2,1-4H3,(H,19,21). The van der Waals surface area contributed by atoms with Crippen LogP contribution in [0.15, 0.2) is 18.2 Å². The maximum absolute atomic E-state index is 11.9. The van der Waals surface area contributed by atoms with E-state index in [-0.39, 0.29) is 11.3 Å². The van der Waals surface area contributed by atoms with Crippen molar-refractivity contribution in [3.8, 4) is 0 Å². The number of hydrogen-bond donors (Lipinski definition) is 2. The van der Waals surface area contributed by atoms with Gasteiger partial charge in [0.25, 0.3) is 0 Å². The lowest BCUT2D eigenvalue weighted by Gasteiger charge is -2.26. The molecule has 3 N–H and O–H groups in total. The molecule has 5 heteroatoms. The monoisotopic (exact) mass is 311 g/mol. The number of carbonyl (C=O) groups is 1. The topological polar surface area (TPSA) is 58.4 Å². The van der Waals surface area contributed by atoms with E-state index in [2.05, 4.69) is 38.0 Å². The largest absolute Gasteiger partial charge is 0.399 e. The van der Waals surface area contributed by atoms with E-state index in [9.17, 15) is 4.79 Å². The molecule has 0 saturated carbocycles. The Morgan fingerprint density at radius 3 is 2.62 bits per heavy atom. The second-order valence-electron chi connectivity index (χ2n) is 6.69. The molecular weight excluding hydrogens is 286 g/mol. The number of amides is 1. The smallest absolute Gasteiger partial charge is 0.224 e. The molecule has 0 aromatic heterocycles. The van der Waals surface area contributed by atoms with Gasteiger partial charge in [0.05, 0.1) is 10.7 Å². The van der Waals surface area contributed by atoms with E-state index < -0.39 is 0 Å².